The van der Waals surface area contributed by atoms with Crippen molar-refractivity contribution in [2.45, 2.75) is 32.2 Å². The number of nitrogens with one attached hydrogen (secondary N) is 1. The molecule has 0 saturated carbocycles. The molecule has 5 nitrogen and oxygen atoms in total. The highest BCUT2D eigenvalue weighted by molar-refractivity contribution is 5.71. The van der Waals surface area contributed by atoms with Gasteiger partial charge in [-0.05, 0) is 24.1 Å². The van der Waals surface area contributed by atoms with Crippen molar-refractivity contribution in [1.29, 1.82) is 0 Å². The monoisotopic (exact) mass is 432 g/mol. The number of anilines is 1. The van der Waals surface area contributed by atoms with Gasteiger partial charge in [0.25, 0.3) is 0 Å². The summed E-state index contributed by atoms with van der Waals surface area (Å²) < 4.78 is 80.4. The highest BCUT2D eigenvalue weighted by Crippen LogP contribution is 2.39. The fraction of sp³-hybridized carbons (Fsp3) is 0.368. The third-order valence-corrected chi connectivity index (χ3v) is 4.63. The fourth-order valence-electron chi connectivity index (χ4n) is 2.94. The van der Waals surface area contributed by atoms with Crippen LogP contribution in [0.5, 0.6) is 0 Å². The molecule has 2 N–H and O–H groups in total. The standard InChI is InChI=1S/C19H18F6N4O/c1-10(2)14(9-30)28-16-17-27-8-15(29(17)4-3-26-16)11-5-12(18(20,21)22)7-13(6-11)19(23,24)25/h3-8,10,14,30H,9H2,1-2H3,(H,26,28). The number of rotatable bonds is 5. The van der Waals surface area contributed by atoms with E-state index in [0.29, 0.717) is 12.1 Å². The highest BCUT2D eigenvalue weighted by Gasteiger charge is 2.37. The molecule has 0 aliphatic heterocycles. The minimum Gasteiger partial charge on any atom is -0.394 e. The van der Waals surface area contributed by atoms with Gasteiger partial charge in [0.2, 0.25) is 0 Å². The Hall–Kier alpha value is -2.82. The minimum absolute atomic E-state index is 0.0318. The minimum atomic E-state index is -4.95. The predicted octanol–water partition coefficient (Wildman–Crippen LogP) is 4.86. The lowest BCUT2D eigenvalue weighted by Crippen LogP contribution is -2.30. The fourth-order valence-corrected chi connectivity index (χ4v) is 2.94. The smallest absolute Gasteiger partial charge is 0.394 e. The van der Waals surface area contributed by atoms with Crippen LogP contribution in [0.25, 0.3) is 16.9 Å². The van der Waals surface area contributed by atoms with Gasteiger partial charge < -0.3 is 10.4 Å². The van der Waals surface area contributed by atoms with Crippen molar-refractivity contribution in [3.8, 4) is 11.3 Å². The molecule has 2 heterocycles. The van der Waals surface area contributed by atoms with Gasteiger partial charge in [0.05, 0.1) is 35.7 Å². The number of aliphatic hydroxyl groups is 1. The number of hydrogen-bond acceptors (Lipinski definition) is 4. The number of nitrogens with zero attached hydrogens (tertiary/aromatic N) is 3. The van der Waals surface area contributed by atoms with Crippen LogP contribution in [0.2, 0.25) is 0 Å². The van der Waals surface area contributed by atoms with Crippen LogP contribution in [-0.2, 0) is 12.4 Å². The summed E-state index contributed by atoms with van der Waals surface area (Å²) in [6.45, 7) is 3.54. The summed E-state index contributed by atoms with van der Waals surface area (Å²) in [5.74, 6) is 0.281. The average molecular weight is 432 g/mol. The van der Waals surface area contributed by atoms with Crippen molar-refractivity contribution in [2.24, 2.45) is 5.92 Å². The maximum absolute atomic E-state index is 13.2. The first-order valence-electron chi connectivity index (χ1n) is 8.91. The van der Waals surface area contributed by atoms with Crippen LogP contribution >= 0.6 is 0 Å². The van der Waals surface area contributed by atoms with Crippen LogP contribution < -0.4 is 5.32 Å². The number of alkyl halides is 6. The molecule has 162 valence electrons. The SMILES string of the molecule is CC(C)C(CO)Nc1nccn2c(-c3cc(C(F)(F)F)cc(C(F)(F)F)c3)cnc12. The second-order valence-electron chi connectivity index (χ2n) is 7.08. The molecule has 1 unspecified atom stereocenters. The number of fused-ring (bicyclic) bond motifs is 1. The van der Waals surface area contributed by atoms with Crippen LogP contribution in [0.3, 0.4) is 0 Å². The van der Waals surface area contributed by atoms with E-state index in [1.165, 1.54) is 23.0 Å². The Kier molecular flexibility index (Phi) is 5.68. The van der Waals surface area contributed by atoms with Gasteiger partial charge in [-0.1, -0.05) is 13.8 Å². The van der Waals surface area contributed by atoms with Crippen molar-refractivity contribution in [3.05, 3.63) is 47.9 Å². The summed E-state index contributed by atoms with van der Waals surface area (Å²) in [5.41, 5.74) is -2.86. The molecule has 0 fully saturated rings. The second-order valence-corrected chi connectivity index (χ2v) is 7.08. The van der Waals surface area contributed by atoms with Gasteiger partial charge >= 0.3 is 12.4 Å². The number of imidazole rings is 1. The summed E-state index contributed by atoms with van der Waals surface area (Å²) in [5, 5.41) is 12.5. The highest BCUT2D eigenvalue weighted by atomic mass is 19.4. The largest absolute Gasteiger partial charge is 0.416 e. The van der Waals surface area contributed by atoms with E-state index in [1.54, 1.807) is 0 Å². The van der Waals surface area contributed by atoms with Crippen molar-refractivity contribution in [2.75, 3.05) is 11.9 Å². The molecule has 11 heteroatoms. The normalized spacial score (nSPS) is 13.8. The topological polar surface area (TPSA) is 62.5 Å². The van der Waals surface area contributed by atoms with Crippen molar-refractivity contribution < 1.29 is 31.4 Å². The second kappa shape index (κ2) is 7.78. The lowest BCUT2D eigenvalue weighted by Gasteiger charge is -2.20. The van der Waals surface area contributed by atoms with Gasteiger partial charge in [-0.15, -0.1) is 0 Å². The first kappa shape index (κ1) is 21.9. The van der Waals surface area contributed by atoms with Crippen LogP contribution in [0.4, 0.5) is 32.2 Å². The quantitative estimate of drug-likeness (QED) is 0.565. The van der Waals surface area contributed by atoms with Crippen molar-refractivity contribution in [1.82, 2.24) is 14.4 Å². The molecule has 0 amide bonds. The summed E-state index contributed by atoms with van der Waals surface area (Å²) in [4.78, 5) is 8.25. The molecule has 3 rings (SSSR count). The molecular formula is C19H18F6N4O. The number of aromatic nitrogens is 3. The van der Waals surface area contributed by atoms with Gasteiger partial charge in [0.1, 0.15) is 0 Å². The van der Waals surface area contributed by atoms with Crippen LogP contribution in [0, 0.1) is 5.92 Å². The van der Waals surface area contributed by atoms with E-state index in [1.807, 2.05) is 13.8 Å². The Labute approximate surface area is 167 Å². The molecule has 2 aromatic heterocycles. The number of aliphatic hydroxyl groups excluding tert-OH is 1. The average Bonchev–Trinajstić information content (AvgIpc) is 3.09. The molecule has 0 aliphatic carbocycles. The summed E-state index contributed by atoms with van der Waals surface area (Å²) in [6.07, 6.45) is -5.98. The molecule has 0 saturated heterocycles. The van der Waals surface area contributed by atoms with Crippen LogP contribution in [0.15, 0.2) is 36.8 Å². The maximum Gasteiger partial charge on any atom is 0.416 e. The molecule has 0 radical (unpaired) electrons. The van der Waals surface area contributed by atoms with E-state index in [9.17, 15) is 31.4 Å². The molecule has 0 bridgehead atoms. The van der Waals surface area contributed by atoms with Gasteiger partial charge in [0, 0.05) is 18.0 Å². The summed E-state index contributed by atoms with van der Waals surface area (Å²) in [7, 11) is 0. The molecule has 30 heavy (non-hydrogen) atoms. The van der Waals surface area contributed by atoms with E-state index in [2.05, 4.69) is 15.3 Å². The Morgan fingerprint density at radius 2 is 1.60 bits per heavy atom. The van der Waals surface area contributed by atoms with Crippen molar-refractivity contribution in [3.63, 3.8) is 0 Å². The third-order valence-electron chi connectivity index (χ3n) is 4.63. The van der Waals surface area contributed by atoms with Gasteiger partial charge in [-0.2, -0.15) is 26.3 Å². The van der Waals surface area contributed by atoms with E-state index in [0.717, 1.165) is 0 Å². The molecule has 0 aliphatic rings. The third kappa shape index (κ3) is 4.35. The molecular weight excluding hydrogens is 414 g/mol. The first-order valence-corrected chi connectivity index (χ1v) is 8.91. The zero-order valence-electron chi connectivity index (χ0n) is 15.9. The van der Waals surface area contributed by atoms with E-state index >= 15 is 0 Å². The number of halogens is 6. The van der Waals surface area contributed by atoms with Crippen molar-refractivity contribution >= 4 is 11.5 Å². The first-order chi connectivity index (χ1) is 13.9. The van der Waals surface area contributed by atoms with E-state index in [4.69, 9.17) is 0 Å². The molecule has 1 aromatic carbocycles. The molecule has 3 aromatic rings. The van der Waals surface area contributed by atoms with Gasteiger partial charge in [-0.25, -0.2) is 9.97 Å². The molecule has 0 spiro atoms. The Morgan fingerprint density at radius 1 is 1.00 bits per heavy atom. The van der Waals surface area contributed by atoms with Gasteiger partial charge in [0.15, 0.2) is 11.5 Å². The number of hydrogen-bond donors (Lipinski definition) is 2. The summed E-state index contributed by atoms with van der Waals surface area (Å²) in [6, 6.07) is 1.01. The predicted molar refractivity (Wildman–Crippen MR) is 97.8 cm³/mol. The zero-order chi connectivity index (χ0) is 22.3. The van der Waals surface area contributed by atoms with E-state index in [-0.39, 0.29) is 47.4 Å². The van der Waals surface area contributed by atoms with E-state index < -0.39 is 23.5 Å². The summed E-state index contributed by atoms with van der Waals surface area (Å²) >= 11 is 0. The van der Waals surface area contributed by atoms with Crippen LogP contribution in [0.1, 0.15) is 25.0 Å². The Morgan fingerprint density at radius 3 is 2.10 bits per heavy atom. The lowest BCUT2D eigenvalue weighted by atomic mass is 10.0. The Balaban J connectivity index is 2.15. The van der Waals surface area contributed by atoms with Gasteiger partial charge in [-0.3, -0.25) is 4.40 Å². The Bertz CT molecular complexity index is 1010. The maximum atomic E-state index is 13.2. The number of benzene rings is 1. The molecule has 1 atom stereocenters. The zero-order valence-corrected chi connectivity index (χ0v) is 15.9. The lowest BCUT2D eigenvalue weighted by molar-refractivity contribution is -0.143. The van der Waals surface area contributed by atoms with Crippen LogP contribution in [-0.4, -0.2) is 32.1 Å².